The SMILES string of the molecule is CCOC(=O)c1cn([C@@H]2O[C@H](COC(=O)OC)C[C@H]2OC(C)=O)c(=O)nc1N. The molecule has 0 spiro atoms. The minimum Gasteiger partial charge on any atom is -0.462 e. The molecule has 1 fully saturated rings. The number of esters is 2. The lowest BCUT2D eigenvalue weighted by atomic mass is 10.2. The minimum absolute atomic E-state index is 0.0976. The second-order valence-electron chi connectivity index (χ2n) is 5.75. The Bertz CT molecular complexity index is 807. The van der Waals surface area contributed by atoms with E-state index in [9.17, 15) is 19.2 Å². The van der Waals surface area contributed by atoms with Gasteiger partial charge in [-0.2, -0.15) is 4.98 Å². The van der Waals surface area contributed by atoms with Crippen LogP contribution in [0.15, 0.2) is 11.0 Å². The molecule has 12 heteroatoms. The molecule has 12 nitrogen and oxygen atoms in total. The molecule has 2 heterocycles. The van der Waals surface area contributed by atoms with Crippen LogP contribution in [0.25, 0.3) is 0 Å². The average Bonchev–Trinajstić information content (AvgIpc) is 3.01. The van der Waals surface area contributed by atoms with Gasteiger partial charge in [-0.15, -0.1) is 0 Å². The second-order valence-corrected chi connectivity index (χ2v) is 5.75. The zero-order valence-electron chi connectivity index (χ0n) is 15.6. The molecular weight excluding hydrogens is 378 g/mol. The highest BCUT2D eigenvalue weighted by molar-refractivity contribution is 5.93. The third-order valence-corrected chi connectivity index (χ3v) is 3.77. The van der Waals surface area contributed by atoms with E-state index < -0.39 is 42.2 Å². The second kappa shape index (κ2) is 9.17. The average molecular weight is 399 g/mol. The van der Waals surface area contributed by atoms with Crippen LogP contribution < -0.4 is 11.4 Å². The Kier molecular flexibility index (Phi) is 6.93. The van der Waals surface area contributed by atoms with Gasteiger partial charge in [0.1, 0.15) is 24.1 Å². The number of nitrogens with zero attached hydrogens (tertiary/aromatic N) is 2. The topological polar surface area (TPSA) is 158 Å². The smallest absolute Gasteiger partial charge is 0.462 e. The highest BCUT2D eigenvalue weighted by Crippen LogP contribution is 2.31. The van der Waals surface area contributed by atoms with Gasteiger partial charge in [0.2, 0.25) is 0 Å². The molecule has 0 radical (unpaired) electrons. The van der Waals surface area contributed by atoms with Gasteiger partial charge in [0.25, 0.3) is 0 Å². The summed E-state index contributed by atoms with van der Waals surface area (Å²) < 4.78 is 26.0. The first kappa shape index (κ1) is 21.2. The zero-order valence-corrected chi connectivity index (χ0v) is 15.6. The van der Waals surface area contributed by atoms with E-state index in [2.05, 4.69) is 9.72 Å². The molecule has 1 aromatic rings. The normalized spacial score (nSPS) is 21.0. The molecule has 28 heavy (non-hydrogen) atoms. The van der Waals surface area contributed by atoms with Crippen molar-refractivity contribution in [3.8, 4) is 0 Å². The molecule has 3 atom stereocenters. The first-order valence-corrected chi connectivity index (χ1v) is 8.36. The summed E-state index contributed by atoms with van der Waals surface area (Å²) in [6, 6.07) is 0. The monoisotopic (exact) mass is 399 g/mol. The van der Waals surface area contributed by atoms with E-state index in [0.29, 0.717) is 0 Å². The van der Waals surface area contributed by atoms with Crippen LogP contribution in [0.5, 0.6) is 0 Å². The lowest BCUT2D eigenvalue weighted by Crippen LogP contribution is -2.35. The number of methoxy groups -OCH3 is 1. The molecular formula is C16H21N3O9. The molecule has 1 saturated heterocycles. The molecule has 0 unspecified atom stereocenters. The highest BCUT2D eigenvalue weighted by atomic mass is 16.7. The van der Waals surface area contributed by atoms with Crippen LogP contribution in [0.4, 0.5) is 10.6 Å². The summed E-state index contributed by atoms with van der Waals surface area (Å²) in [6.45, 7) is 2.72. The van der Waals surface area contributed by atoms with Crippen LogP contribution in [0.3, 0.4) is 0 Å². The number of nitrogens with two attached hydrogens (primary N) is 1. The van der Waals surface area contributed by atoms with Crippen molar-refractivity contribution in [2.45, 2.75) is 38.7 Å². The Labute approximate surface area is 159 Å². The standard InChI is InChI=1S/C16H21N3O9/c1-4-25-14(21)10-6-19(15(22)18-12(10)17)13-11(27-8(2)20)5-9(28-13)7-26-16(23)24-3/h6,9,11,13H,4-5,7H2,1-3H3,(H2,17,18,22)/t9-,11+,13+/m0/s1. The molecule has 2 N–H and O–H groups in total. The molecule has 0 bridgehead atoms. The van der Waals surface area contributed by atoms with Gasteiger partial charge in [0.05, 0.1) is 19.8 Å². The van der Waals surface area contributed by atoms with E-state index in [4.69, 9.17) is 24.7 Å². The van der Waals surface area contributed by atoms with E-state index in [0.717, 1.165) is 17.9 Å². The highest BCUT2D eigenvalue weighted by Gasteiger charge is 2.40. The molecule has 2 rings (SSSR count). The summed E-state index contributed by atoms with van der Waals surface area (Å²) in [5.41, 5.74) is 4.68. The van der Waals surface area contributed by atoms with E-state index >= 15 is 0 Å². The summed E-state index contributed by atoms with van der Waals surface area (Å²) in [5, 5.41) is 0. The van der Waals surface area contributed by atoms with Crippen LogP contribution in [-0.2, 0) is 28.5 Å². The first-order chi connectivity index (χ1) is 13.3. The van der Waals surface area contributed by atoms with Gasteiger partial charge in [-0.3, -0.25) is 9.36 Å². The number of nitrogen functional groups attached to an aromatic ring is 1. The van der Waals surface area contributed by atoms with Gasteiger partial charge in [-0.1, -0.05) is 0 Å². The lowest BCUT2D eigenvalue weighted by molar-refractivity contribution is -0.152. The largest absolute Gasteiger partial charge is 0.508 e. The Morgan fingerprint density at radius 3 is 2.68 bits per heavy atom. The summed E-state index contributed by atoms with van der Waals surface area (Å²) in [4.78, 5) is 50.5. The molecule has 0 aliphatic carbocycles. The van der Waals surface area contributed by atoms with Gasteiger partial charge >= 0.3 is 23.8 Å². The van der Waals surface area contributed by atoms with Crippen molar-refractivity contribution in [2.24, 2.45) is 0 Å². The number of aromatic nitrogens is 2. The number of anilines is 1. The molecule has 1 aromatic heterocycles. The van der Waals surface area contributed by atoms with Crippen LogP contribution in [0, 0.1) is 0 Å². The Morgan fingerprint density at radius 2 is 2.07 bits per heavy atom. The van der Waals surface area contributed by atoms with E-state index in [1.165, 1.54) is 6.92 Å². The Morgan fingerprint density at radius 1 is 1.36 bits per heavy atom. The summed E-state index contributed by atoms with van der Waals surface area (Å²) in [7, 11) is 1.15. The van der Waals surface area contributed by atoms with Crippen LogP contribution >= 0.6 is 0 Å². The van der Waals surface area contributed by atoms with Gasteiger partial charge in [-0.05, 0) is 6.92 Å². The number of hydrogen-bond donors (Lipinski definition) is 1. The minimum atomic E-state index is -1.11. The number of carbonyl (C=O) groups excluding carboxylic acids is 3. The molecule has 154 valence electrons. The molecule has 1 aliphatic heterocycles. The molecule has 0 aromatic carbocycles. The maximum absolute atomic E-state index is 12.3. The summed E-state index contributed by atoms with van der Waals surface area (Å²) in [6.07, 6.45) is -2.33. The summed E-state index contributed by atoms with van der Waals surface area (Å²) >= 11 is 0. The maximum atomic E-state index is 12.3. The zero-order chi connectivity index (χ0) is 20.8. The molecule has 1 aliphatic rings. The van der Waals surface area contributed by atoms with Crippen LogP contribution in [0.1, 0.15) is 36.9 Å². The number of hydrogen-bond acceptors (Lipinski definition) is 11. The first-order valence-electron chi connectivity index (χ1n) is 8.36. The van der Waals surface area contributed by atoms with Crippen molar-refractivity contribution < 1.29 is 38.1 Å². The van der Waals surface area contributed by atoms with E-state index in [-0.39, 0.29) is 31.0 Å². The van der Waals surface area contributed by atoms with Gasteiger partial charge < -0.3 is 29.4 Å². The van der Waals surface area contributed by atoms with Gasteiger partial charge in [-0.25, -0.2) is 14.4 Å². The van der Waals surface area contributed by atoms with Gasteiger partial charge in [0, 0.05) is 19.5 Å². The Balaban J connectivity index is 2.32. The quantitative estimate of drug-likeness (QED) is 0.507. The molecule has 0 amide bonds. The maximum Gasteiger partial charge on any atom is 0.508 e. The lowest BCUT2D eigenvalue weighted by Gasteiger charge is -2.21. The van der Waals surface area contributed by atoms with Crippen molar-refractivity contribution in [3.63, 3.8) is 0 Å². The predicted molar refractivity (Wildman–Crippen MR) is 91.3 cm³/mol. The molecule has 0 saturated carbocycles. The fourth-order valence-corrected chi connectivity index (χ4v) is 2.64. The fraction of sp³-hybridized carbons (Fsp3) is 0.562. The Hall–Kier alpha value is -3.15. The third kappa shape index (κ3) is 4.97. The predicted octanol–water partition coefficient (Wildman–Crippen LogP) is 0.00440. The van der Waals surface area contributed by atoms with E-state index in [1.807, 2.05) is 0 Å². The van der Waals surface area contributed by atoms with Crippen molar-refractivity contribution in [2.75, 3.05) is 26.1 Å². The van der Waals surface area contributed by atoms with Crippen LogP contribution in [-0.4, -0.2) is 60.2 Å². The number of rotatable bonds is 6. The van der Waals surface area contributed by atoms with Crippen molar-refractivity contribution in [1.82, 2.24) is 9.55 Å². The van der Waals surface area contributed by atoms with E-state index in [1.54, 1.807) is 6.92 Å². The van der Waals surface area contributed by atoms with Crippen molar-refractivity contribution in [3.05, 3.63) is 22.2 Å². The van der Waals surface area contributed by atoms with Crippen molar-refractivity contribution >= 4 is 23.9 Å². The van der Waals surface area contributed by atoms with Crippen LogP contribution in [0.2, 0.25) is 0 Å². The number of carbonyl (C=O) groups is 3. The number of ether oxygens (including phenoxy) is 5. The summed E-state index contributed by atoms with van der Waals surface area (Å²) in [5.74, 6) is -1.67. The fourth-order valence-electron chi connectivity index (χ4n) is 2.64. The van der Waals surface area contributed by atoms with Crippen molar-refractivity contribution in [1.29, 1.82) is 0 Å². The third-order valence-electron chi connectivity index (χ3n) is 3.77. The van der Waals surface area contributed by atoms with Gasteiger partial charge in [0.15, 0.2) is 6.23 Å².